The molecule has 0 aliphatic rings. The number of rotatable bonds is 2. The van der Waals surface area contributed by atoms with E-state index in [-0.39, 0.29) is 5.41 Å². The molecule has 2 rings (SSSR count). The summed E-state index contributed by atoms with van der Waals surface area (Å²) in [4.78, 5) is 4.20. The Balaban J connectivity index is 2.37. The predicted octanol–water partition coefficient (Wildman–Crippen LogP) is 2.97. The first kappa shape index (κ1) is 10.9. The van der Waals surface area contributed by atoms with Crippen LogP contribution in [0.1, 0.15) is 19.4 Å². The lowest BCUT2D eigenvalue weighted by molar-refractivity contribution is 0.494. The van der Waals surface area contributed by atoms with Crippen molar-refractivity contribution in [3.05, 3.63) is 23.8 Å². The Labute approximate surface area is 98.5 Å². The number of nitrogens with two attached hydrogens (primary N) is 1. The zero-order valence-corrected chi connectivity index (χ0v) is 10.1. The Kier molecular flexibility index (Phi) is 2.56. The first-order valence-corrected chi connectivity index (χ1v) is 5.88. The molecule has 0 aliphatic carbocycles. The molecule has 2 aromatic rings. The van der Waals surface area contributed by atoms with Crippen LogP contribution in [0.15, 0.2) is 18.2 Å². The zero-order valence-electron chi connectivity index (χ0n) is 9.32. The minimum atomic E-state index is -0.329. The van der Waals surface area contributed by atoms with Crippen molar-refractivity contribution >= 4 is 26.7 Å². The van der Waals surface area contributed by atoms with Gasteiger partial charge in [0.2, 0.25) is 0 Å². The Bertz CT molecular complexity index is 563. The van der Waals surface area contributed by atoms with Crippen molar-refractivity contribution in [1.29, 1.82) is 5.26 Å². The second-order valence-corrected chi connectivity index (χ2v) is 5.59. The summed E-state index contributed by atoms with van der Waals surface area (Å²) in [6.07, 6.45) is 0.747. The van der Waals surface area contributed by atoms with E-state index in [1.165, 1.54) is 11.3 Å². The van der Waals surface area contributed by atoms with Gasteiger partial charge in [0.15, 0.2) is 5.13 Å². The van der Waals surface area contributed by atoms with Gasteiger partial charge in [-0.3, -0.25) is 0 Å². The van der Waals surface area contributed by atoms with Crippen LogP contribution in [0.2, 0.25) is 0 Å². The molecule has 0 amide bonds. The normalized spacial score (nSPS) is 11.6. The molecule has 0 bridgehead atoms. The molecule has 3 nitrogen and oxygen atoms in total. The summed E-state index contributed by atoms with van der Waals surface area (Å²) in [7, 11) is 0. The van der Waals surface area contributed by atoms with E-state index in [4.69, 9.17) is 11.0 Å². The minimum absolute atomic E-state index is 0.329. The molecule has 0 aliphatic heterocycles. The van der Waals surface area contributed by atoms with E-state index in [9.17, 15) is 0 Å². The van der Waals surface area contributed by atoms with Crippen LogP contribution >= 0.6 is 11.3 Å². The third kappa shape index (κ3) is 2.15. The topological polar surface area (TPSA) is 62.7 Å². The molecule has 0 radical (unpaired) electrons. The molecule has 1 aromatic carbocycles. The Morgan fingerprint density at radius 1 is 1.50 bits per heavy atom. The number of hydrogen-bond acceptors (Lipinski definition) is 4. The Morgan fingerprint density at radius 2 is 2.25 bits per heavy atom. The van der Waals surface area contributed by atoms with Crippen LogP contribution in [0.25, 0.3) is 10.2 Å². The van der Waals surface area contributed by atoms with Gasteiger partial charge in [0.25, 0.3) is 0 Å². The molecule has 0 unspecified atom stereocenters. The quantitative estimate of drug-likeness (QED) is 0.864. The molecule has 0 saturated carbocycles. The van der Waals surface area contributed by atoms with Crippen molar-refractivity contribution in [2.24, 2.45) is 5.41 Å². The van der Waals surface area contributed by atoms with Crippen molar-refractivity contribution in [2.75, 3.05) is 5.73 Å². The monoisotopic (exact) mass is 231 g/mol. The maximum atomic E-state index is 8.99. The first-order valence-electron chi connectivity index (χ1n) is 5.06. The Morgan fingerprint density at radius 3 is 2.94 bits per heavy atom. The average Bonchev–Trinajstić information content (AvgIpc) is 2.57. The number of fused-ring (bicyclic) bond motifs is 1. The number of nitrogen functional groups attached to an aromatic ring is 1. The summed E-state index contributed by atoms with van der Waals surface area (Å²) >= 11 is 1.48. The highest BCUT2D eigenvalue weighted by Gasteiger charge is 2.17. The van der Waals surface area contributed by atoms with Crippen LogP contribution in [-0.4, -0.2) is 4.98 Å². The largest absolute Gasteiger partial charge is 0.375 e. The predicted molar refractivity (Wildman–Crippen MR) is 67.1 cm³/mol. The molecule has 1 heterocycles. The van der Waals surface area contributed by atoms with Gasteiger partial charge in [0.1, 0.15) is 0 Å². The van der Waals surface area contributed by atoms with Gasteiger partial charge >= 0.3 is 0 Å². The van der Waals surface area contributed by atoms with Crippen molar-refractivity contribution in [3.63, 3.8) is 0 Å². The fraction of sp³-hybridized carbons (Fsp3) is 0.333. The molecule has 16 heavy (non-hydrogen) atoms. The molecular weight excluding hydrogens is 218 g/mol. The van der Waals surface area contributed by atoms with Crippen LogP contribution in [-0.2, 0) is 6.42 Å². The number of nitrogens with zero attached hydrogens (tertiary/aromatic N) is 2. The minimum Gasteiger partial charge on any atom is -0.375 e. The summed E-state index contributed by atoms with van der Waals surface area (Å²) in [6.45, 7) is 3.89. The third-order valence-electron chi connectivity index (χ3n) is 2.42. The molecule has 82 valence electrons. The molecular formula is C12H13N3S. The van der Waals surface area contributed by atoms with E-state index < -0.39 is 0 Å². The smallest absolute Gasteiger partial charge is 0.181 e. The standard InChI is InChI=1S/C12H13N3S/c1-12(2,7-13)6-8-3-4-9-10(5-8)16-11(14)15-9/h3-5H,6H2,1-2H3,(H2,14,15). The van der Waals surface area contributed by atoms with Gasteiger partial charge in [-0.2, -0.15) is 5.26 Å². The maximum absolute atomic E-state index is 8.99. The third-order valence-corrected chi connectivity index (χ3v) is 3.27. The molecule has 4 heteroatoms. The zero-order chi connectivity index (χ0) is 11.8. The van der Waals surface area contributed by atoms with Gasteiger partial charge in [-0.15, -0.1) is 0 Å². The van der Waals surface area contributed by atoms with E-state index >= 15 is 0 Å². The highest BCUT2D eigenvalue weighted by Crippen LogP contribution is 2.27. The van der Waals surface area contributed by atoms with E-state index in [1.54, 1.807) is 0 Å². The van der Waals surface area contributed by atoms with Crippen molar-refractivity contribution in [1.82, 2.24) is 4.98 Å². The highest BCUT2D eigenvalue weighted by atomic mass is 32.1. The summed E-state index contributed by atoms with van der Waals surface area (Å²) in [5.41, 5.74) is 7.41. The summed E-state index contributed by atoms with van der Waals surface area (Å²) in [5, 5.41) is 9.58. The van der Waals surface area contributed by atoms with E-state index in [0.29, 0.717) is 5.13 Å². The van der Waals surface area contributed by atoms with Crippen LogP contribution in [0.3, 0.4) is 0 Å². The number of nitriles is 1. The van der Waals surface area contributed by atoms with Crippen molar-refractivity contribution in [2.45, 2.75) is 20.3 Å². The van der Waals surface area contributed by atoms with Gasteiger partial charge in [-0.05, 0) is 38.0 Å². The number of thiazole rings is 1. The second kappa shape index (κ2) is 3.76. The highest BCUT2D eigenvalue weighted by molar-refractivity contribution is 7.22. The van der Waals surface area contributed by atoms with Gasteiger partial charge in [0.05, 0.1) is 21.7 Å². The summed E-state index contributed by atoms with van der Waals surface area (Å²) < 4.78 is 1.09. The number of hydrogen-bond donors (Lipinski definition) is 1. The van der Waals surface area contributed by atoms with E-state index in [2.05, 4.69) is 17.1 Å². The van der Waals surface area contributed by atoms with Gasteiger partial charge in [-0.25, -0.2) is 4.98 Å². The molecule has 1 aromatic heterocycles. The molecule has 0 saturated heterocycles. The van der Waals surface area contributed by atoms with Gasteiger partial charge in [-0.1, -0.05) is 17.4 Å². The average molecular weight is 231 g/mol. The Hall–Kier alpha value is -1.60. The van der Waals surface area contributed by atoms with E-state index in [1.807, 2.05) is 26.0 Å². The lowest BCUT2D eigenvalue weighted by atomic mass is 9.87. The fourth-order valence-corrected chi connectivity index (χ4v) is 2.44. The van der Waals surface area contributed by atoms with Crippen molar-refractivity contribution < 1.29 is 0 Å². The van der Waals surface area contributed by atoms with Crippen LogP contribution in [0, 0.1) is 16.7 Å². The van der Waals surface area contributed by atoms with Crippen LogP contribution < -0.4 is 5.73 Å². The molecule has 0 fully saturated rings. The summed E-state index contributed by atoms with van der Waals surface area (Å²) in [6, 6.07) is 8.36. The van der Waals surface area contributed by atoms with Crippen LogP contribution in [0.5, 0.6) is 0 Å². The second-order valence-electron chi connectivity index (χ2n) is 4.53. The number of anilines is 1. The van der Waals surface area contributed by atoms with E-state index in [0.717, 1.165) is 22.2 Å². The molecule has 0 atom stereocenters. The lowest BCUT2D eigenvalue weighted by Crippen LogP contribution is -2.11. The number of aromatic nitrogens is 1. The number of benzene rings is 1. The fourth-order valence-electron chi connectivity index (χ4n) is 1.65. The summed E-state index contributed by atoms with van der Waals surface area (Å²) in [5.74, 6) is 0. The lowest BCUT2D eigenvalue weighted by Gasteiger charge is -2.14. The van der Waals surface area contributed by atoms with Gasteiger partial charge < -0.3 is 5.73 Å². The van der Waals surface area contributed by atoms with Crippen molar-refractivity contribution in [3.8, 4) is 6.07 Å². The maximum Gasteiger partial charge on any atom is 0.181 e. The molecule has 0 spiro atoms. The van der Waals surface area contributed by atoms with Gasteiger partial charge in [0, 0.05) is 0 Å². The molecule has 2 N–H and O–H groups in total. The first-order chi connectivity index (χ1) is 7.50. The van der Waals surface area contributed by atoms with Crippen LogP contribution in [0.4, 0.5) is 5.13 Å². The SMILES string of the molecule is CC(C)(C#N)Cc1ccc2nc(N)sc2c1.